The SMILES string of the molecule is CN=C(NCCN1CCOCC1)NCC(C)Oc1ccccc1. The van der Waals surface area contributed by atoms with E-state index in [2.05, 4.69) is 20.5 Å². The lowest BCUT2D eigenvalue weighted by Crippen LogP contribution is -2.46. The average molecular weight is 320 g/mol. The molecule has 23 heavy (non-hydrogen) atoms. The molecule has 1 heterocycles. The Hall–Kier alpha value is -1.79. The third kappa shape index (κ3) is 6.88. The van der Waals surface area contributed by atoms with Gasteiger partial charge in [0.1, 0.15) is 11.9 Å². The quantitative estimate of drug-likeness (QED) is 0.579. The molecule has 1 saturated heterocycles. The van der Waals surface area contributed by atoms with Crippen LogP contribution >= 0.6 is 0 Å². The van der Waals surface area contributed by atoms with Crippen molar-refractivity contribution in [1.29, 1.82) is 0 Å². The van der Waals surface area contributed by atoms with E-state index in [0.29, 0.717) is 6.54 Å². The predicted molar refractivity (Wildman–Crippen MR) is 93.2 cm³/mol. The largest absolute Gasteiger partial charge is 0.489 e. The molecule has 0 saturated carbocycles. The number of hydrogen-bond acceptors (Lipinski definition) is 4. The molecular weight excluding hydrogens is 292 g/mol. The van der Waals surface area contributed by atoms with Gasteiger partial charge in [0.05, 0.1) is 19.8 Å². The second kappa shape index (κ2) is 10.1. The van der Waals surface area contributed by atoms with Crippen LogP contribution in [-0.4, -0.2) is 69.9 Å². The van der Waals surface area contributed by atoms with Gasteiger partial charge < -0.3 is 20.1 Å². The highest BCUT2D eigenvalue weighted by atomic mass is 16.5. The molecule has 0 bridgehead atoms. The predicted octanol–water partition coefficient (Wildman–Crippen LogP) is 0.951. The molecule has 6 heteroatoms. The Bertz CT molecular complexity index is 461. The van der Waals surface area contributed by atoms with Crippen molar-refractivity contribution in [2.75, 3.05) is 53.0 Å². The van der Waals surface area contributed by atoms with Crippen molar-refractivity contribution >= 4 is 5.96 Å². The van der Waals surface area contributed by atoms with Crippen LogP contribution < -0.4 is 15.4 Å². The van der Waals surface area contributed by atoms with Gasteiger partial charge in [-0.05, 0) is 19.1 Å². The Labute approximate surface area is 138 Å². The second-order valence-corrected chi connectivity index (χ2v) is 5.58. The molecule has 0 aliphatic carbocycles. The van der Waals surface area contributed by atoms with Crippen molar-refractivity contribution in [1.82, 2.24) is 15.5 Å². The average Bonchev–Trinajstić information content (AvgIpc) is 2.59. The number of nitrogens with one attached hydrogen (secondary N) is 2. The number of nitrogens with zero attached hydrogens (tertiary/aromatic N) is 2. The summed E-state index contributed by atoms with van der Waals surface area (Å²) in [6, 6.07) is 9.86. The zero-order chi connectivity index (χ0) is 16.3. The number of para-hydroxylation sites is 1. The van der Waals surface area contributed by atoms with Crippen LogP contribution in [0.15, 0.2) is 35.3 Å². The van der Waals surface area contributed by atoms with E-state index >= 15 is 0 Å². The number of ether oxygens (including phenoxy) is 2. The highest BCUT2D eigenvalue weighted by Crippen LogP contribution is 2.10. The van der Waals surface area contributed by atoms with Gasteiger partial charge in [-0.2, -0.15) is 0 Å². The first kappa shape index (κ1) is 17.6. The first-order valence-corrected chi connectivity index (χ1v) is 8.24. The number of morpholine rings is 1. The molecule has 1 aliphatic rings. The van der Waals surface area contributed by atoms with Gasteiger partial charge in [0, 0.05) is 33.2 Å². The van der Waals surface area contributed by atoms with E-state index in [0.717, 1.165) is 51.1 Å². The maximum Gasteiger partial charge on any atom is 0.191 e. The summed E-state index contributed by atoms with van der Waals surface area (Å²) < 4.78 is 11.2. The Balaban J connectivity index is 1.62. The van der Waals surface area contributed by atoms with Crippen LogP contribution in [0.5, 0.6) is 5.75 Å². The van der Waals surface area contributed by atoms with E-state index in [4.69, 9.17) is 9.47 Å². The Kier molecular flexibility index (Phi) is 7.69. The number of benzene rings is 1. The Morgan fingerprint density at radius 1 is 1.26 bits per heavy atom. The maximum atomic E-state index is 5.84. The van der Waals surface area contributed by atoms with Crippen LogP contribution in [0.1, 0.15) is 6.92 Å². The third-order valence-electron chi connectivity index (χ3n) is 3.69. The van der Waals surface area contributed by atoms with Gasteiger partial charge in [0.2, 0.25) is 0 Å². The summed E-state index contributed by atoms with van der Waals surface area (Å²) >= 11 is 0. The van der Waals surface area contributed by atoms with Crippen LogP contribution in [0.3, 0.4) is 0 Å². The lowest BCUT2D eigenvalue weighted by atomic mass is 10.3. The fourth-order valence-corrected chi connectivity index (χ4v) is 2.39. The monoisotopic (exact) mass is 320 g/mol. The van der Waals surface area contributed by atoms with Gasteiger partial charge >= 0.3 is 0 Å². The molecule has 2 N–H and O–H groups in total. The van der Waals surface area contributed by atoms with Gasteiger partial charge in [-0.1, -0.05) is 18.2 Å². The van der Waals surface area contributed by atoms with Crippen LogP contribution in [0, 0.1) is 0 Å². The van der Waals surface area contributed by atoms with Crippen molar-refractivity contribution in [3.05, 3.63) is 30.3 Å². The maximum absolute atomic E-state index is 5.84. The minimum Gasteiger partial charge on any atom is -0.489 e. The van der Waals surface area contributed by atoms with Crippen LogP contribution in [-0.2, 0) is 4.74 Å². The van der Waals surface area contributed by atoms with E-state index in [1.165, 1.54) is 0 Å². The summed E-state index contributed by atoms with van der Waals surface area (Å²) in [7, 11) is 1.78. The third-order valence-corrected chi connectivity index (χ3v) is 3.69. The van der Waals surface area contributed by atoms with E-state index in [-0.39, 0.29) is 6.10 Å². The topological polar surface area (TPSA) is 58.1 Å². The van der Waals surface area contributed by atoms with Crippen molar-refractivity contribution < 1.29 is 9.47 Å². The van der Waals surface area contributed by atoms with E-state index in [1.807, 2.05) is 37.3 Å². The summed E-state index contributed by atoms with van der Waals surface area (Å²) in [5.74, 6) is 1.69. The molecule has 0 radical (unpaired) electrons. The van der Waals surface area contributed by atoms with Crippen LogP contribution in [0.25, 0.3) is 0 Å². The summed E-state index contributed by atoms with van der Waals surface area (Å²) in [6.45, 7) is 8.30. The van der Waals surface area contributed by atoms with Gasteiger partial charge in [-0.3, -0.25) is 9.89 Å². The zero-order valence-corrected chi connectivity index (χ0v) is 14.1. The van der Waals surface area contributed by atoms with Gasteiger partial charge in [0.15, 0.2) is 5.96 Å². The minimum absolute atomic E-state index is 0.0650. The number of aliphatic imine (C=N–C) groups is 1. The Morgan fingerprint density at radius 3 is 2.70 bits per heavy atom. The fourth-order valence-electron chi connectivity index (χ4n) is 2.39. The van der Waals surface area contributed by atoms with Crippen molar-refractivity contribution in [3.8, 4) is 5.75 Å². The molecule has 1 fully saturated rings. The van der Waals surface area contributed by atoms with Crippen molar-refractivity contribution in [2.45, 2.75) is 13.0 Å². The molecular formula is C17H28N4O2. The summed E-state index contributed by atoms with van der Waals surface area (Å²) in [4.78, 5) is 6.64. The van der Waals surface area contributed by atoms with Crippen LogP contribution in [0.4, 0.5) is 0 Å². The molecule has 0 spiro atoms. The van der Waals surface area contributed by atoms with Gasteiger partial charge in [-0.25, -0.2) is 0 Å². The van der Waals surface area contributed by atoms with Gasteiger partial charge in [-0.15, -0.1) is 0 Å². The molecule has 0 amide bonds. The van der Waals surface area contributed by atoms with Crippen molar-refractivity contribution in [3.63, 3.8) is 0 Å². The standard InChI is InChI=1S/C17H28N4O2/c1-15(23-16-6-4-3-5-7-16)14-20-17(18-2)19-8-9-21-10-12-22-13-11-21/h3-7,15H,8-14H2,1-2H3,(H2,18,19,20). The number of hydrogen-bond donors (Lipinski definition) is 2. The molecule has 1 atom stereocenters. The second-order valence-electron chi connectivity index (χ2n) is 5.58. The minimum atomic E-state index is 0.0650. The molecule has 6 nitrogen and oxygen atoms in total. The first-order chi connectivity index (χ1) is 11.3. The van der Waals surface area contributed by atoms with Crippen LogP contribution in [0.2, 0.25) is 0 Å². The highest BCUT2D eigenvalue weighted by Gasteiger charge is 2.10. The van der Waals surface area contributed by atoms with Gasteiger partial charge in [0.25, 0.3) is 0 Å². The molecule has 1 aromatic rings. The molecule has 1 aromatic carbocycles. The number of guanidine groups is 1. The molecule has 1 aliphatic heterocycles. The van der Waals surface area contributed by atoms with E-state index < -0.39 is 0 Å². The molecule has 1 unspecified atom stereocenters. The highest BCUT2D eigenvalue weighted by molar-refractivity contribution is 5.79. The summed E-state index contributed by atoms with van der Waals surface area (Å²) in [5, 5.41) is 6.63. The molecule has 128 valence electrons. The normalized spacial score (nSPS) is 17.6. The zero-order valence-electron chi connectivity index (χ0n) is 14.1. The first-order valence-electron chi connectivity index (χ1n) is 8.24. The lowest BCUT2D eigenvalue weighted by Gasteiger charge is -2.26. The Morgan fingerprint density at radius 2 is 2.00 bits per heavy atom. The molecule has 0 aromatic heterocycles. The number of rotatable bonds is 7. The smallest absolute Gasteiger partial charge is 0.191 e. The van der Waals surface area contributed by atoms with E-state index in [9.17, 15) is 0 Å². The van der Waals surface area contributed by atoms with Crippen molar-refractivity contribution in [2.24, 2.45) is 4.99 Å². The lowest BCUT2D eigenvalue weighted by molar-refractivity contribution is 0.0389. The summed E-state index contributed by atoms with van der Waals surface area (Å²) in [6.07, 6.45) is 0.0650. The van der Waals surface area contributed by atoms with E-state index in [1.54, 1.807) is 7.05 Å². The molecule has 2 rings (SSSR count). The fraction of sp³-hybridized carbons (Fsp3) is 0.588. The summed E-state index contributed by atoms with van der Waals surface area (Å²) in [5.41, 5.74) is 0.